The molecule has 0 spiro atoms. The first-order valence-electron chi connectivity index (χ1n) is 4.72. The molecule has 82 valence electrons. The van der Waals surface area contributed by atoms with E-state index < -0.39 is 5.97 Å². The van der Waals surface area contributed by atoms with E-state index in [-0.39, 0.29) is 0 Å². The second-order valence-corrected chi connectivity index (χ2v) is 5.60. The first-order valence-corrected chi connectivity index (χ1v) is 6.42. The number of carboxylic acid groups (broad SMARTS) is 1. The molecule has 2 rings (SSSR count). The number of hydrogen-bond acceptors (Lipinski definition) is 3. The molecule has 0 amide bonds. The molecule has 1 aromatic heterocycles. The second-order valence-electron chi connectivity index (χ2n) is 3.35. The molecule has 0 bridgehead atoms. The minimum Gasteiger partial charge on any atom is -0.478 e. The number of carboxylic acids is 1. The van der Waals surface area contributed by atoms with Crippen molar-refractivity contribution in [2.75, 3.05) is 0 Å². The van der Waals surface area contributed by atoms with Crippen molar-refractivity contribution in [1.82, 2.24) is 0 Å². The summed E-state index contributed by atoms with van der Waals surface area (Å²) in [4.78, 5) is 12.0. The summed E-state index contributed by atoms with van der Waals surface area (Å²) in [6.45, 7) is 2.02. The summed E-state index contributed by atoms with van der Waals surface area (Å²) in [5.41, 5.74) is 1.56. The third-order valence-corrected chi connectivity index (χ3v) is 4.20. The maximum atomic E-state index is 10.9. The van der Waals surface area contributed by atoms with Crippen LogP contribution in [0.25, 0.3) is 0 Å². The molecule has 2 nitrogen and oxygen atoms in total. The smallest absolute Gasteiger partial charge is 0.337 e. The van der Waals surface area contributed by atoms with Gasteiger partial charge in [0.05, 0.1) is 9.77 Å². The van der Waals surface area contributed by atoms with Gasteiger partial charge in [-0.15, -0.1) is 11.3 Å². The standard InChI is InChI=1S/C12H10O2S2/c1-8-3-2-4-9(7-8)16-12-10(11(13)14)5-6-15-12/h2-7H,1H3,(H,13,14). The summed E-state index contributed by atoms with van der Waals surface area (Å²) in [5, 5.41) is 10.8. The lowest BCUT2D eigenvalue weighted by Crippen LogP contribution is -1.94. The highest BCUT2D eigenvalue weighted by Gasteiger charge is 2.12. The van der Waals surface area contributed by atoms with Crippen molar-refractivity contribution in [1.29, 1.82) is 0 Å². The average molecular weight is 250 g/mol. The molecular formula is C12H10O2S2. The molecule has 0 saturated carbocycles. The average Bonchev–Trinajstić information content (AvgIpc) is 2.66. The van der Waals surface area contributed by atoms with Gasteiger partial charge in [-0.3, -0.25) is 0 Å². The second kappa shape index (κ2) is 4.72. The number of thiophene rings is 1. The van der Waals surface area contributed by atoms with Gasteiger partial charge in [-0.1, -0.05) is 29.5 Å². The van der Waals surface area contributed by atoms with Crippen LogP contribution in [-0.4, -0.2) is 11.1 Å². The fraction of sp³-hybridized carbons (Fsp3) is 0.0833. The maximum Gasteiger partial charge on any atom is 0.337 e. The molecule has 2 aromatic rings. The van der Waals surface area contributed by atoms with Gasteiger partial charge in [0.2, 0.25) is 0 Å². The summed E-state index contributed by atoms with van der Waals surface area (Å²) in [7, 11) is 0. The topological polar surface area (TPSA) is 37.3 Å². The predicted molar refractivity (Wildman–Crippen MR) is 66.6 cm³/mol. The summed E-state index contributed by atoms with van der Waals surface area (Å²) < 4.78 is 0.832. The Morgan fingerprint density at radius 3 is 2.88 bits per heavy atom. The Bertz CT molecular complexity index is 517. The van der Waals surface area contributed by atoms with E-state index in [9.17, 15) is 4.79 Å². The van der Waals surface area contributed by atoms with Gasteiger partial charge >= 0.3 is 5.97 Å². The quantitative estimate of drug-likeness (QED) is 0.897. The molecule has 0 radical (unpaired) electrons. The molecule has 0 saturated heterocycles. The van der Waals surface area contributed by atoms with Crippen LogP contribution in [0, 0.1) is 6.92 Å². The Kier molecular flexibility index (Phi) is 3.31. The van der Waals surface area contributed by atoms with E-state index in [1.54, 1.807) is 6.07 Å². The van der Waals surface area contributed by atoms with Crippen LogP contribution in [0.15, 0.2) is 44.8 Å². The van der Waals surface area contributed by atoms with Gasteiger partial charge in [-0.05, 0) is 30.5 Å². The zero-order valence-electron chi connectivity index (χ0n) is 8.64. The van der Waals surface area contributed by atoms with Crippen LogP contribution in [0.4, 0.5) is 0 Å². The van der Waals surface area contributed by atoms with Crippen LogP contribution in [0.5, 0.6) is 0 Å². The minimum atomic E-state index is -0.864. The Hall–Kier alpha value is -1.26. The van der Waals surface area contributed by atoms with Gasteiger partial charge < -0.3 is 5.11 Å². The number of rotatable bonds is 3. The fourth-order valence-corrected chi connectivity index (χ4v) is 3.45. The van der Waals surface area contributed by atoms with Gasteiger partial charge in [-0.2, -0.15) is 0 Å². The SMILES string of the molecule is Cc1cccc(Sc2sccc2C(=O)O)c1. The third-order valence-electron chi connectivity index (χ3n) is 2.06. The molecule has 0 aliphatic heterocycles. The minimum absolute atomic E-state index is 0.386. The van der Waals surface area contributed by atoms with Crippen molar-refractivity contribution >= 4 is 29.1 Å². The molecule has 0 unspecified atom stereocenters. The Labute approximate surface area is 102 Å². The molecular weight excluding hydrogens is 240 g/mol. The highest BCUT2D eigenvalue weighted by molar-refractivity contribution is 8.01. The van der Waals surface area contributed by atoms with Gasteiger partial charge in [0.15, 0.2) is 0 Å². The maximum absolute atomic E-state index is 10.9. The number of hydrogen-bond donors (Lipinski definition) is 1. The van der Waals surface area contributed by atoms with Crippen molar-refractivity contribution in [3.8, 4) is 0 Å². The monoisotopic (exact) mass is 250 g/mol. The Morgan fingerprint density at radius 2 is 2.19 bits per heavy atom. The first kappa shape index (κ1) is 11.2. The largest absolute Gasteiger partial charge is 0.478 e. The van der Waals surface area contributed by atoms with Gasteiger partial charge in [0.25, 0.3) is 0 Å². The Balaban J connectivity index is 2.27. The Morgan fingerprint density at radius 1 is 1.38 bits per heavy atom. The van der Waals surface area contributed by atoms with E-state index in [0.717, 1.165) is 9.10 Å². The van der Waals surface area contributed by atoms with Crippen molar-refractivity contribution in [2.24, 2.45) is 0 Å². The lowest BCUT2D eigenvalue weighted by molar-refractivity contribution is 0.0694. The van der Waals surface area contributed by atoms with Crippen LogP contribution in [0.1, 0.15) is 15.9 Å². The normalized spacial score (nSPS) is 10.3. The molecule has 4 heteroatoms. The zero-order valence-corrected chi connectivity index (χ0v) is 10.3. The van der Waals surface area contributed by atoms with Gasteiger partial charge in [-0.25, -0.2) is 4.79 Å². The van der Waals surface area contributed by atoms with Crippen molar-refractivity contribution in [3.63, 3.8) is 0 Å². The van der Waals surface area contributed by atoms with Gasteiger partial charge in [0, 0.05) is 4.90 Å². The third kappa shape index (κ3) is 2.46. The van der Waals surface area contributed by atoms with Crippen LogP contribution in [-0.2, 0) is 0 Å². The summed E-state index contributed by atoms with van der Waals surface area (Å²) in [6.07, 6.45) is 0. The van der Waals surface area contributed by atoms with E-state index in [4.69, 9.17) is 5.11 Å². The molecule has 0 atom stereocenters. The summed E-state index contributed by atoms with van der Waals surface area (Å²) in [6, 6.07) is 9.69. The zero-order chi connectivity index (χ0) is 11.5. The summed E-state index contributed by atoms with van der Waals surface area (Å²) >= 11 is 2.96. The van der Waals surface area contributed by atoms with Crippen LogP contribution >= 0.6 is 23.1 Å². The molecule has 0 fully saturated rings. The number of aryl methyl sites for hydroxylation is 1. The summed E-state index contributed by atoms with van der Waals surface area (Å²) in [5.74, 6) is -0.864. The highest BCUT2D eigenvalue weighted by atomic mass is 32.2. The number of benzene rings is 1. The number of carbonyl (C=O) groups is 1. The van der Waals surface area contributed by atoms with Gasteiger partial charge in [0.1, 0.15) is 0 Å². The van der Waals surface area contributed by atoms with Crippen molar-refractivity contribution in [3.05, 3.63) is 46.8 Å². The molecule has 0 aliphatic carbocycles. The van der Waals surface area contributed by atoms with E-state index in [1.165, 1.54) is 28.7 Å². The first-order chi connectivity index (χ1) is 7.66. The lowest BCUT2D eigenvalue weighted by atomic mass is 10.2. The van der Waals surface area contributed by atoms with E-state index in [1.807, 2.05) is 30.5 Å². The number of aromatic carboxylic acids is 1. The van der Waals surface area contributed by atoms with Crippen LogP contribution in [0.3, 0.4) is 0 Å². The van der Waals surface area contributed by atoms with E-state index in [0.29, 0.717) is 5.56 Å². The van der Waals surface area contributed by atoms with Crippen molar-refractivity contribution < 1.29 is 9.90 Å². The molecule has 1 aromatic carbocycles. The highest BCUT2D eigenvalue weighted by Crippen LogP contribution is 2.34. The molecule has 1 heterocycles. The van der Waals surface area contributed by atoms with E-state index >= 15 is 0 Å². The lowest BCUT2D eigenvalue weighted by Gasteiger charge is -2.01. The fourth-order valence-electron chi connectivity index (χ4n) is 1.32. The van der Waals surface area contributed by atoms with E-state index in [2.05, 4.69) is 6.07 Å². The van der Waals surface area contributed by atoms with Crippen LogP contribution < -0.4 is 0 Å². The van der Waals surface area contributed by atoms with Crippen molar-refractivity contribution in [2.45, 2.75) is 16.0 Å². The molecule has 0 aliphatic rings. The molecule has 1 N–H and O–H groups in total. The van der Waals surface area contributed by atoms with Crippen LogP contribution in [0.2, 0.25) is 0 Å². The molecule has 16 heavy (non-hydrogen) atoms. The predicted octanol–water partition coefficient (Wildman–Crippen LogP) is 3.91.